The molecule has 2 atom stereocenters. The first-order valence-electron chi connectivity index (χ1n) is 13.6. The zero-order valence-corrected chi connectivity index (χ0v) is 22.4. The maximum Gasteiger partial charge on any atom is 0.335 e. The van der Waals surface area contributed by atoms with Gasteiger partial charge in [0.15, 0.2) is 0 Å². The first-order valence-corrected chi connectivity index (χ1v) is 13.6. The summed E-state index contributed by atoms with van der Waals surface area (Å²) in [4.78, 5) is 40.6. The first-order chi connectivity index (χ1) is 16.4. The average Bonchev–Trinajstić information content (AvgIpc) is 2.81. The summed E-state index contributed by atoms with van der Waals surface area (Å²) in [6.45, 7) is 9.88. The maximum absolute atomic E-state index is 13.6. The highest BCUT2D eigenvalue weighted by Gasteiger charge is 2.63. The summed E-state index contributed by atoms with van der Waals surface area (Å²) in [6.07, 6.45) is 8.66. The molecule has 0 rings (SSSR count). The van der Waals surface area contributed by atoms with Crippen LogP contribution in [0.2, 0.25) is 0 Å². The molecule has 0 heterocycles. The van der Waals surface area contributed by atoms with E-state index in [0.717, 1.165) is 51.4 Å². The van der Waals surface area contributed by atoms with Crippen molar-refractivity contribution in [1.82, 2.24) is 0 Å². The molecule has 7 heteroatoms. The molecule has 0 amide bonds. The normalized spacial score (nSPS) is 13.2. The van der Waals surface area contributed by atoms with Crippen LogP contribution in [0.1, 0.15) is 118 Å². The average molecular weight is 487 g/mol. The highest BCUT2D eigenvalue weighted by atomic mass is 16.6. The largest absolute Gasteiger partial charge is 0.465 e. The van der Waals surface area contributed by atoms with Crippen LogP contribution >= 0.6 is 0 Å². The van der Waals surface area contributed by atoms with Crippen molar-refractivity contribution in [2.45, 2.75) is 124 Å². The van der Waals surface area contributed by atoms with Gasteiger partial charge in [0.1, 0.15) is 0 Å². The molecule has 0 aliphatic carbocycles. The predicted octanol–water partition coefficient (Wildman–Crippen LogP) is 5.75. The molecule has 0 bridgehead atoms. The Morgan fingerprint density at radius 2 is 1.06 bits per heavy atom. The molecule has 0 saturated carbocycles. The predicted molar refractivity (Wildman–Crippen MR) is 133 cm³/mol. The number of esters is 3. The molecule has 0 aromatic carbocycles. The van der Waals surface area contributed by atoms with Crippen molar-refractivity contribution < 1.29 is 33.7 Å². The smallest absolute Gasteiger partial charge is 0.335 e. The van der Waals surface area contributed by atoms with E-state index in [1.807, 2.05) is 13.8 Å². The number of hydrogen-bond donors (Lipinski definition) is 1. The molecule has 0 aliphatic rings. The molecule has 200 valence electrons. The number of carbonyl (C=O) groups excluding carboxylic acids is 3. The van der Waals surface area contributed by atoms with E-state index in [1.165, 1.54) is 0 Å². The molecule has 0 saturated heterocycles. The van der Waals surface area contributed by atoms with E-state index in [2.05, 4.69) is 13.8 Å². The third-order valence-electron chi connectivity index (χ3n) is 6.20. The zero-order valence-electron chi connectivity index (χ0n) is 22.4. The van der Waals surface area contributed by atoms with E-state index in [4.69, 9.17) is 14.2 Å². The lowest BCUT2D eigenvalue weighted by atomic mass is 9.69. The fraction of sp³-hybridized carbons (Fsp3) is 0.889. The molecule has 0 spiro atoms. The van der Waals surface area contributed by atoms with Crippen molar-refractivity contribution in [3.05, 3.63) is 0 Å². The number of aliphatic hydroxyl groups is 1. The number of aliphatic hydroxyl groups excluding tert-OH is 1. The van der Waals surface area contributed by atoms with E-state index in [-0.39, 0.29) is 19.8 Å². The maximum atomic E-state index is 13.6. The van der Waals surface area contributed by atoms with Crippen LogP contribution in [0.3, 0.4) is 0 Å². The van der Waals surface area contributed by atoms with Crippen molar-refractivity contribution in [1.29, 1.82) is 0 Å². The molecule has 7 nitrogen and oxygen atoms in total. The number of rotatable bonds is 21. The number of unbranched alkanes of at least 4 members (excludes halogenated alkanes) is 7. The van der Waals surface area contributed by atoms with Crippen molar-refractivity contribution in [3.8, 4) is 0 Å². The van der Waals surface area contributed by atoms with Crippen LogP contribution in [0, 0.1) is 11.3 Å². The Morgan fingerprint density at radius 3 is 1.53 bits per heavy atom. The number of hydrogen-bond acceptors (Lipinski definition) is 7. The Bertz CT molecular complexity index is 539. The molecule has 0 radical (unpaired) electrons. The van der Waals surface area contributed by atoms with Crippen molar-refractivity contribution in [3.63, 3.8) is 0 Å². The number of ether oxygens (including phenoxy) is 3. The Kier molecular flexibility index (Phi) is 18.7. The second-order valence-electron chi connectivity index (χ2n) is 9.03. The molecular weight excluding hydrogens is 436 g/mol. The summed E-state index contributed by atoms with van der Waals surface area (Å²) in [6, 6.07) is 0. The van der Waals surface area contributed by atoms with Crippen LogP contribution in [0.15, 0.2) is 0 Å². The van der Waals surface area contributed by atoms with E-state index in [0.29, 0.717) is 32.1 Å². The monoisotopic (exact) mass is 486 g/mol. The van der Waals surface area contributed by atoms with Crippen LogP contribution < -0.4 is 0 Å². The minimum atomic E-state index is -2.32. The van der Waals surface area contributed by atoms with Gasteiger partial charge in [0.05, 0.1) is 25.9 Å². The quantitative estimate of drug-likeness (QED) is 0.0954. The standard InChI is InChI=1S/C27H50O7/c1-6-11-15-17-18-22(23(28)19-16-12-7-2)27(24(29)32-10-5,25(30)33-20-13-8-3)26(31)34-21-14-9-4/h22-23,28H,6-21H2,1-5H3. The topological polar surface area (TPSA) is 99.1 Å². The van der Waals surface area contributed by atoms with E-state index >= 15 is 0 Å². The third-order valence-corrected chi connectivity index (χ3v) is 6.20. The van der Waals surface area contributed by atoms with Crippen LogP contribution in [0.5, 0.6) is 0 Å². The first kappa shape index (κ1) is 32.4. The molecular formula is C27H50O7. The van der Waals surface area contributed by atoms with Crippen molar-refractivity contribution in [2.75, 3.05) is 19.8 Å². The Balaban J connectivity index is 6.41. The SMILES string of the molecule is CCCCCCC(C(O)CCCCC)C(C(=O)OCC)(C(=O)OCCCC)C(=O)OCCCC. The van der Waals surface area contributed by atoms with Crippen LogP contribution in [0.4, 0.5) is 0 Å². The van der Waals surface area contributed by atoms with E-state index < -0.39 is 35.3 Å². The molecule has 2 unspecified atom stereocenters. The summed E-state index contributed by atoms with van der Waals surface area (Å²) < 4.78 is 16.2. The zero-order chi connectivity index (χ0) is 25.8. The molecule has 34 heavy (non-hydrogen) atoms. The lowest BCUT2D eigenvalue weighted by Crippen LogP contribution is -2.57. The van der Waals surface area contributed by atoms with Gasteiger partial charge in [-0.2, -0.15) is 0 Å². The van der Waals surface area contributed by atoms with Gasteiger partial charge in [-0.3, -0.25) is 14.4 Å². The van der Waals surface area contributed by atoms with Crippen LogP contribution in [0.25, 0.3) is 0 Å². The Morgan fingerprint density at radius 1 is 0.618 bits per heavy atom. The Hall–Kier alpha value is -1.63. The summed E-state index contributed by atoms with van der Waals surface area (Å²) in [5, 5.41) is 11.3. The highest BCUT2D eigenvalue weighted by molar-refractivity contribution is 6.18. The van der Waals surface area contributed by atoms with Gasteiger partial charge in [-0.25, -0.2) is 0 Å². The molecule has 0 fully saturated rings. The van der Waals surface area contributed by atoms with Gasteiger partial charge >= 0.3 is 17.9 Å². The number of carbonyl (C=O) groups is 3. The van der Waals surface area contributed by atoms with Crippen LogP contribution in [-0.2, 0) is 28.6 Å². The van der Waals surface area contributed by atoms with Gasteiger partial charge < -0.3 is 19.3 Å². The van der Waals surface area contributed by atoms with Crippen molar-refractivity contribution >= 4 is 17.9 Å². The fourth-order valence-corrected chi connectivity index (χ4v) is 4.09. The summed E-state index contributed by atoms with van der Waals surface area (Å²) >= 11 is 0. The van der Waals surface area contributed by atoms with Crippen LogP contribution in [-0.4, -0.2) is 48.9 Å². The van der Waals surface area contributed by atoms with Crippen molar-refractivity contribution in [2.24, 2.45) is 11.3 Å². The minimum absolute atomic E-state index is 0.000448. The molecule has 0 aromatic heterocycles. The summed E-state index contributed by atoms with van der Waals surface area (Å²) in [7, 11) is 0. The lowest BCUT2D eigenvalue weighted by Gasteiger charge is -2.37. The third kappa shape index (κ3) is 10.3. The minimum Gasteiger partial charge on any atom is -0.465 e. The summed E-state index contributed by atoms with van der Waals surface area (Å²) in [5.74, 6) is -3.87. The van der Waals surface area contributed by atoms with Gasteiger partial charge in [-0.15, -0.1) is 0 Å². The van der Waals surface area contributed by atoms with Gasteiger partial charge in [0.25, 0.3) is 5.41 Å². The molecule has 0 aromatic rings. The molecule has 0 aliphatic heterocycles. The highest BCUT2D eigenvalue weighted by Crippen LogP contribution is 2.40. The van der Waals surface area contributed by atoms with Gasteiger partial charge in [0.2, 0.25) is 0 Å². The lowest BCUT2D eigenvalue weighted by molar-refractivity contribution is -0.194. The van der Waals surface area contributed by atoms with Gasteiger partial charge in [-0.1, -0.05) is 85.5 Å². The summed E-state index contributed by atoms with van der Waals surface area (Å²) in [5.41, 5.74) is -2.32. The fourth-order valence-electron chi connectivity index (χ4n) is 4.09. The second kappa shape index (κ2) is 19.7. The second-order valence-corrected chi connectivity index (χ2v) is 9.03. The van der Waals surface area contributed by atoms with E-state index in [1.54, 1.807) is 6.92 Å². The van der Waals surface area contributed by atoms with Gasteiger partial charge in [-0.05, 0) is 32.6 Å². The molecule has 1 N–H and O–H groups in total. The van der Waals surface area contributed by atoms with E-state index in [9.17, 15) is 19.5 Å². The Labute approximate surface area is 207 Å². The van der Waals surface area contributed by atoms with Gasteiger partial charge in [0, 0.05) is 5.92 Å².